The van der Waals surface area contributed by atoms with Crippen molar-refractivity contribution in [3.63, 3.8) is 0 Å². The molecule has 1 fully saturated rings. The number of H-pyrrole nitrogens is 1. The molecule has 0 bridgehead atoms. The van der Waals surface area contributed by atoms with Gasteiger partial charge >= 0.3 is 5.69 Å². The third-order valence-electron chi connectivity index (χ3n) is 3.21. The van der Waals surface area contributed by atoms with Crippen LogP contribution in [0.1, 0.15) is 6.42 Å². The second-order valence-electron chi connectivity index (χ2n) is 4.48. The summed E-state index contributed by atoms with van der Waals surface area (Å²) in [5.74, 6) is 0.227. The predicted molar refractivity (Wildman–Crippen MR) is 65.5 cm³/mol. The largest absolute Gasteiger partial charge is 0.381 e. The molecule has 94 valence electrons. The SMILES string of the molecule is O=c1[nH]c2cccnc2c(=O)n1CC1CCOC1. The molecule has 18 heavy (non-hydrogen) atoms. The quantitative estimate of drug-likeness (QED) is 0.817. The second-order valence-corrected chi connectivity index (χ2v) is 4.48. The van der Waals surface area contributed by atoms with Gasteiger partial charge in [0, 0.05) is 25.3 Å². The zero-order chi connectivity index (χ0) is 12.5. The summed E-state index contributed by atoms with van der Waals surface area (Å²) in [6.45, 7) is 1.69. The molecule has 3 rings (SSSR count). The number of pyridine rings is 1. The van der Waals surface area contributed by atoms with Gasteiger partial charge in [-0.1, -0.05) is 0 Å². The molecule has 0 spiro atoms. The van der Waals surface area contributed by atoms with Gasteiger partial charge in [0.15, 0.2) is 5.52 Å². The van der Waals surface area contributed by atoms with Gasteiger partial charge in [-0.3, -0.25) is 9.36 Å². The minimum Gasteiger partial charge on any atom is -0.381 e. The van der Waals surface area contributed by atoms with Gasteiger partial charge in [-0.25, -0.2) is 9.78 Å². The average Bonchev–Trinajstić information content (AvgIpc) is 2.87. The first-order valence-corrected chi connectivity index (χ1v) is 5.91. The molecular weight excluding hydrogens is 234 g/mol. The van der Waals surface area contributed by atoms with E-state index < -0.39 is 0 Å². The highest BCUT2D eigenvalue weighted by Crippen LogP contribution is 2.13. The first-order valence-electron chi connectivity index (χ1n) is 5.91. The highest BCUT2D eigenvalue weighted by Gasteiger charge is 2.18. The summed E-state index contributed by atoms with van der Waals surface area (Å²) in [5, 5.41) is 0. The molecule has 1 N–H and O–H groups in total. The fourth-order valence-electron chi connectivity index (χ4n) is 2.23. The number of hydrogen-bond acceptors (Lipinski definition) is 4. The van der Waals surface area contributed by atoms with Crippen LogP contribution in [0.5, 0.6) is 0 Å². The molecule has 3 heterocycles. The van der Waals surface area contributed by atoms with Gasteiger partial charge in [0.25, 0.3) is 5.56 Å². The molecule has 1 atom stereocenters. The number of aromatic nitrogens is 3. The van der Waals surface area contributed by atoms with Crippen LogP contribution in [0.2, 0.25) is 0 Å². The predicted octanol–water partition coefficient (Wildman–Crippen LogP) is 0.121. The van der Waals surface area contributed by atoms with Crippen molar-refractivity contribution in [2.24, 2.45) is 5.92 Å². The summed E-state index contributed by atoms with van der Waals surface area (Å²) in [4.78, 5) is 30.8. The number of hydrogen-bond donors (Lipinski definition) is 1. The number of aromatic amines is 1. The molecule has 0 saturated carbocycles. The summed E-state index contributed by atoms with van der Waals surface area (Å²) in [6, 6.07) is 3.36. The Labute approximate surface area is 102 Å². The van der Waals surface area contributed by atoms with Crippen molar-refractivity contribution in [1.29, 1.82) is 0 Å². The maximum Gasteiger partial charge on any atom is 0.328 e. The zero-order valence-corrected chi connectivity index (χ0v) is 9.76. The van der Waals surface area contributed by atoms with Crippen molar-refractivity contribution in [2.75, 3.05) is 13.2 Å². The first-order chi connectivity index (χ1) is 8.75. The Balaban J connectivity index is 2.11. The number of nitrogens with one attached hydrogen (secondary N) is 1. The van der Waals surface area contributed by atoms with Gasteiger partial charge in [0.05, 0.1) is 12.1 Å². The Morgan fingerprint density at radius 3 is 3.17 bits per heavy atom. The van der Waals surface area contributed by atoms with E-state index in [4.69, 9.17) is 4.74 Å². The molecule has 6 nitrogen and oxygen atoms in total. The third kappa shape index (κ3) is 1.84. The smallest absolute Gasteiger partial charge is 0.328 e. The van der Waals surface area contributed by atoms with Gasteiger partial charge < -0.3 is 9.72 Å². The summed E-state index contributed by atoms with van der Waals surface area (Å²) in [6.07, 6.45) is 2.43. The van der Waals surface area contributed by atoms with Crippen molar-refractivity contribution in [3.8, 4) is 0 Å². The summed E-state index contributed by atoms with van der Waals surface area (Å²) >= 11 is 0. The van der Waals surface area contributed by atoms with E-state index >= 15 is 0 Å². The van der Waals surface area contributed by atoms with Crippen LogP contribution in [0.4, 0.5) is 0 Å². The van der Waals surface area contributed by atoms with Gasteiger partial charge in [-0.05, 0) is 18.6 Å². The van der Waals surface area contributed by atoms with Crippen molar-refractivity contribution in [2.45, 2.75) is 13.0 Å². The minimum atomic E-state index is -0.382. The van der Waals surface area contributed by atoms with Crippen molar-refractivity contribution in [1.82, 2.24) is 14.5 Å². The van der Waals surface area contributed by atoms with E-state index in [1.54, 1.807) is 18.3 Å². The van der Waals surface area contributed by atoms with Crippen LogP contribution < -0.4 is 11.2 Å². The Kier molecular flexibility index (Phi) is 2.71. The normalized spacial score (nSPS) is 19.4. The molecule has 0 amide bonds. The van der Waals surface area contributed by atoms with Crippen LogP contribution >= 0.6 is 0 Å². The lowest BCUT2D eigenvalue weighted by Crippen LogP contribution is -2.37. The number of rotatable bonds is 2. The van der Waals surface area contributed by atoms with E-state index in [9.17, 15) is 9.59 Å². The van der Waals surface area contributed by atoms with E-state index in [2.05, 4.69) is 9.97 Å². The Hall–Kier alpha value is -1.95. The van der Waals surface area contributed by atoms with Crippen LogP contribution in [-0.2, 0) is 11.3 Å². The minimum absolute atomic E-state index is 0.227. The van der Waals surface area contributed by atoms with Crippen LogP contribution in [-0.4, -0.2) is 27.7 Å². The van der Waals surface area contributed by atoms with Crippen LogP contribution in [0.25, 0.3) is 11.0 Å². The molecular formula is C12H13N3O3. The molecule has 1 aliphatic rings. The van der Waals surface area contributed by atoms with E-state index in [0.29, 0.717) is 30.8 Å². The molecule has 0 aliphatic carbocycles. The molecule has 6 heteroatoms. The number of fused-ring (bicyclic) bond motifs is 1. The van der Waals surface area contributed by atoms with Crippen LogP contribution in [0.15, 0.2) is 27.9 Å². The van der Waals surface area contributed by atoms with E-state index in [1.165, 1.54) is 4.57 Å². The lowest BCUT2D eigenvalue weighted by atomic mass is 10.1. The second kappa shape index (κ2) is 4.38. The monoisotopic (exact) mass is 247 g/mol. The Bertz CT molecular complexity index is 683. The van der Waals surface area contributed by atoms with Crippen molar-refractivity contribution in [3.05, 3.63) is 39.2 Å². The lowest BCUT2D eigenvalue weighted by molar-refractivity contribution is 0.182. The standard InChI is InChI=1S/C12H13N3O3/c16-11-10-9(2-1-4-13-10)14-12(17)15(11)6-8-3-5-18-7-8/h1-2,4,8H,3,5-7H2,(H,14,17). The average molecular weight is 247 g/mol. The Morgan fingerprint density at radius 1 is 1.50 bits per heavy atom. The van der Waals surface area contributed by atoms with Crippen LogP contribution in [0, 0.1) is 5.92 Å². The highest BCUT2D eigenvalue weighted by molar-refractivity contribution is 5.71. The summed E-state index contributed by atoms with van der Waals surface area (Å²) in [5.41, 5.74) is 0.0658. The molecule has 0 radical (unpaired) electrons. The third-order valence-corrected chi connectivity index (χ3v) is 3.21. The fraction of sp³-hybridized carbons (Fsp3) is 0.417. The summed E-state index contributed by atoms with van der Waals surface area (Å²) in [7, 11) is 0. The van der Waals surface area contributed by atoms with Gasteiger partial charge in [-0.15, -0.1) is 0 Å². The zero-order valence-electron chi connectivity index (χ0n) is 9.76. The maximum absolute atomic E-state index is 12.2. The van der Waals surface area contributed by atoms with E-state index in [1.807, 2.05) is 0 Å². The van der Waals surface area contributed by atoms with Crippen molar-refractivity contribution < 1.29 is 4.74 Å². The molecule has 1 aliphatic heterocycles. The molecule has 1 saturated heterocycles. The van der Waals surface area contributed by atoms with Crippen LogP contribution in [0.3, 0.4) is 0 Å². The highest BCUT2D eigenvalue weighted by atomic mass is 16.5. The number of ether oxygens (including phenoxy) is 1. The van der Waals surface area contributed by atoms with E-state index in [-0.39, 0.29) is 17.2 Å². The molecule has 2 aromatic heterocycles. The molecule has 1 unspecified atom stereocenters. The molecule has 0 aromatic carbocycles. The topological polar surface area (TPSA) is 77.0 Å². The summed E-state index contributed by atoms with van der Waals surface area (Å²) < 4.78 is 6.47. The Morgan fingerprint density at radius 2 is 2.39 bits per heavy atom. The van der Waals surface area contributed by atoms with E-state index in [0.717, 1.165) is 6.42 Å². The van der Waals surface area contributed by atoms with Gasteiger partial charge in [-0.2, -0.15) is 0 Å². The number of nitrogens with zero attached hydrogens (tertiary/aromatic N) is 2. The molecule has 2 aromatic rings. The first kappa shape index (κ1) is 11.2. The maximum atomic E-state index is 12.2. The lowest BCUT2D eigenvalue weighted by Gasteiger charge is -2.09. The van der Waals surface area contributed by atoms with Crippen molar-refractivity contribution >= 4 is 11.0 Å². The van der Waals surface area contributed by atoms with Gasteiger partial charge in [0.2, 0.25) is 0 Å². The fourth-order valence-corrected chi connectivity index (χ4v) is 2.23. The van der Waals surface area contributed by atoms with Gasteiger partial charge in [0.1, 0.15) is 0 Å².